The number of amides is 1. The van der Waals surface area contributed by atoms with Gasteiger partial charge < -0.3 is 4.90 Å². The number of thioether (sulfide) groups is 1. The first kappa shape index (κ1) is 21.5. The average Bonchev–Trinajstić information content (AvgIpc) is 2.67. The number of aromatic nitrogens is 4. The predicted octanol–water partition coefficient (Wildman–Crippen LogP) is 1.72. The standard InChI is InChI=1S/C20H29N5O3S/c1-20(2,3)11-13-21-16-15(18(27)24(5)19(28)23(16)4)17(22-13)29-12-14(26)25-9-7-6-8-10-25/h6-12H2,1-5H3. The van der Waals surface area contributed by atoms with E-state index in [-0.39, 0.29) is 17.1 Å². The van der Waals surface area contributed by atoms with Crippen molar-refractivity contribution < 1.29 is 4.79 Å². The van der Waals surface area contributed by atoms with Gasteiger partial charge in [0.1, 0.15) is 16.2 Å². The van der Waals surface area contributed by atoms with E-state index >= 15 is 0 Å². The SMILES string of the molecule is Cn1c(=O)c2c(SCC(=O)N3CCCCC3)nc(CC(C)(C)C)nc2n(C)c1=O. The molecule has 0 aliphatic carbocycles. The monoisotopic (exact) mass is 419 g/mol. The van der Waals surface area contributed by atoms with Gasteiger partial charge in [-0.05, 0) is 24.7 Å². The molecule has 0 radical (unpaired) electrons. The zero-order valence-electron chi connectivity index (χ0n) is 17.8. The summed E-state index contributed by atoms with van der Waals surface area (Å²) in [6.07, 6.45) is 3.82. The Labute approximate surface area is 174 Å². The molecule has 8 nitrogen and oxygen atoms in total. The Hall–Kier alpha value is -2.16. The fraction of sp³-hybridized carbons (Fsp3) is 0.650. The fourth-order valence-electron chi connectivity index (χ4n) is 3.49. The summed E-state index contributed by atoms with van der Waals surface area (Å²) in [5.41, 5.74) is -0.598. The molecular formula is C20H29N5O3S. The van der Waals surface area contributed by atoms with Gasteiger partial charge in [0.05, 0.1) is 5.75 Å². The lowest BCUT2D eigenvalue weighted by Crippen LogP contribution is -2.38. The molecule has 158 valence electrons. The van der Waals surface area contributed by atoms with Gasteiger partial charge in [0.25, 0.3) is 5.56 Å². The second-order valence-electron chi connectivity index (χ2n) is 8.82. The van der Waals surface area contributed by atoms with Gasteiger partial charge in [0.2, 0.25) is 5.91 Å². The van der Waals surface area contributed by atoms with E-state index in [2.05, 4.69) is 30.7 Å². The second-order valence-corrected chi connectivity index (χ2v) is 9.78. The molecule has 2 aromatic heterocycles. The van der Waals surface area contributed by atoms with Crippen LogP contribution < -0.4 is 11.2 Å². The Kier molecular flexibility index (Phi) is 6.16. The first-order valence-electron chi connectivity index (χ1n) is 9.96. The molecule has 29 heavy (non-hydrogen) atoms. The lowest BCUT2D eigenvalue weighted by atomic mass is 9.92. The van der Waals surface area contributed by atoms with Crippen LogP contribution in [0.25, 0.3) is 11.0 Å². The van der Waals surface area contributed by atoms with Gasteiger partial charge in [0.15, 0.2) is 5.65 Å². The predicted molar refractivity (Wildman–Crippen MR) is 114 cm³/mol. The minimum atomic E-state index is -0.432. The molecule has 1 aliphatic heterocycles. The molecule has 1 saturated heterocycles. The molecule has 0 atom stereocenters. The third-order valence-electron chi connectivity index (χ3n) is 5.04. The summed E-state index contributed by atoms with van der Waals surface area (Å²) in [6.45, 7) is 7.81. The maximum absolute atomic E-state index is 12.8. The lowest BCUT2D eigenvalue weighted by molar-refractivity contribution is -0.129. The molecular weight excluding hydrogens is 390 g/mol. The number of fused-ring (bicyclic) bond motifs is 1. The van der Waals surface area contributed by atoms with Crippen molar-refractivity contribution in [2.45, 2.75) is 51.5 Å². The van der Waals surface area contributed by atoms with Crippen LogP contribution in [-0.2, 0) is 25.3 Å². The summed E-state index contributed by atoms with van der Waals surface area (Å²) in [6, 6.07) is 0. The van der Waals surface area contributed by atoms with Crippen LogP contribution in [0.2, 0.25) is 0 Å². The fourth-order valence-corrected chi connectivity index (χ4v) is 4.43. The molecule has 0 spiro atoms. The van der Waals surface area contributed by atoms with Crippen LogP contribution in [0.3, 0.4) is 0 Å². The van der Waals surface area contributed by atoms with Crippen LogP contribution in [0.5, 0.6) is 0 Å². The van der Waals surface area contributed by atoms with Crippen molar-refractivity contribution >= 4 is 28.7 Å². The molecule has 1 fully saturated rings. The molecule has 9 heteroatoms. The van der Waals surface area contributed by atoms with E-state index in [1.807, 2.05) is 4.90 Å². The van der Waals surface area contributed by atoms with Gasteiger partial charge >= 0.3 is 5.69 Å². The highest BCUT2D eigenvalue weighted by Gasteiger charge is 2.22. The number of hydrogen-bond donors (Lipinski definition) is 0. The highest BCUT2D eigenvalue weighted by Crippen LogP contribution is 2.26. The number of aryl methyl sites for hydroxylation is 1. The minimum Gasteiger partial charge on any atom is -0.342 e. The van der Waals surface area contributed by atoms with Gasteiger partial charge in [-0.2, -0.15) is 0 Å². The van der Waals surface area contributed by atoms with Crippen molar-refractivity contribution in [2.75, 3.05) is 18.8 Å². The van der Waals surface area contributed by atoms with Crippen molar-refractivity contribution in [1.82, 2.24) is 24.0 Å². The molecule has 0 aromatic carbocycles. The number of nitrogens with zero attached hydrogens (tertiary/aromatic N) is 5. The maximum Gasteiger partial charge on any atom is 0.332 e. The van der Waals surface area contributed by atoms with Crippen LogP contribution in [0.1, 0.15) is 45.9 Å². The zero-order chi connectivity index (χ0) is 21.3. The Bertz CT molecular complexity index is 1050. The van der Waals surface area contributed by atoms with Crippen molar-refractivity contribution in [2.24, 2.45) is 19.5 Å². The summed E-state index contributed by atoms with van der Waals surface area (Å²) >= 11 is 1.26. The highest BCUT2D eigenvalue weighted by atomic mass is 32.2. The van der Waals surface area contributed by atoms with Gasteiger partial charge in [-0.1, -0.05) is 32.5 Å². The molecule has 0 bridgehead atoms. The number of hydrogen-bond acceptors (Lipinski definition) is 6. The van der Waals surface area contributed by atoms with Gasteiger partial charge in [-0.25, -0.2) is 14.8 Å². The third kappa shape index (κ3) is 4.71. The number of piperidine rings is 1. The summed E-state index contributed by atoms with van der Waals surface area (Å²) in [4.78, 5) is 48.9. The number of carbonyl (C=O) groups excluding carboxylic acids is 1. The van der Waals surface area contributed by atoms with E-state index in [4.69, 9.17) is 0 Å². The van der Waals surface area contributed by atoms with Crippen molar-refractivity contribution in [1.29, 1.82) is 0 Å². The van der Waals surface area contributed by atoms with Crippen LogP contribution in [-0.4, -0.2) is 48.8 Å². The van der Waals surface area contributed by atoms with Crippen molar-refractivity contribution in [3.05, 3.63) is 26.7 Å². The normalized spacial score (nSPS) is 15.1. The molecule has 0 saturated carbocycles. The van der Waals surface area contributed by atoms with Crippen molar-refractivity contribution in [3.63, 3.8) is 0 Å². The van der Waals surface area contributed by atoms with Crippen LogP contribution in [0.4, 0.5) is 0 Å². The first-order valence-corrected chi connectivity index (χ1v) is 10.9. The van der Waals surface area contributed by atoms with E-state index in [0.29, 0.717) is 28.3 Å². The summed E-state index contributed by atoms with van der Waals surface area (Å²) < 4.78 is 2.44. The van der Waals surface area contributed by atoms with Crippen molar-refractivity contribution in [3.8, 4) is 0 Å². The lowest BCUT2D eigenvalue weighted by Gasteiger charge is -2.26. The molecule has 1 aliphatic rings. The van der Waals surface area contributed by atoms with Crippen LogP contribution in [0.15, 0.2) is 14.6 Å². The zero-order valence-corrected chi connectivity index (χ0v) is 18.6. The van der Waals surface area contributed by atoms with Gasteiger partial charge in [-0.3, -0.25) is 18.7 Å². The van der Waals surface area contributed by atoms with E-state index in [9.17, 15) is 14.4 Å². The number of likely N-dealkylation sites (tertiary alicyclic amines) is 1. The maximum atomic E-state index is 12.8. The van der Waals surface area contributed by atoms with E-state index in [1.165, 1.54) is 23.4 Å². The molecule has 3 rings (SSSR count). The Morgan fingerprint density at radius 3 is 2.31 bits per heavy atom. The van der Waals surface area contributed by atoms with E-state index in [0.717, 1.165) is 36.9 Å². The molecule has 0 unspecified atom stereocenters. The Balaban J connectivity index is 2.04. The molecule has 0 N–H and O–H groups in total. The quantitative estimate of drug-likeness (QED) is 0.554. The second kappa shape index (κ2) is 8.30. The van der Waals surface area contributed by atoms with E-state index in [1.54, 1.807) is 7.05 Å². The molecule has 2 aromatic rings. The highest BCUT2D eigenvalue weighted by molar-refractivity contribution is 8.00. The van der Waals surface area contributed by atoms with Gasteiger partial charge in [0, 0.05) is 33.6 Å². The number of carbonyl (C=O) groups is 1. The third-order valence-corrected chi connectivity index (χ3v) is 6.00. The first-order chi connectivity index (χ1) is 13.6. The van der Waals surface area contributed by atoms with Gasteiger partial charge in [-0.15, -0.1) is 0 Å². The average molecular weight is 420 g/mol. The topological polar surface area (TPSA) is 90.1 Å². The van der Waals surface area contributed by atoms with Crippen LogP contribution in [0, 0.1) is 5.41 Å². The molecule has 3 heterocycles. The largest absolute Gasteiger partial charge is 0.342 e. The molecule has 1 amide bonds. The van der Waals surface area contributed by atoms with Crippen LogP contribution >= 0.6 is 11.8 Å². The Morgan fingerprint density at radius 1 is 1.03 bits per heavy atom. The summed E-state index contributed by atoms with van der Waals surface area (Å²) in [5, 5.41) is 0.763. The summed E-state index contributed by atoms with van der Waals surface area (Å²) in [7, 11) is 3.05. The smallest absolute Gasteiger partial charge is 0.332 e. The Morgan fingerprint density at radius 2 is 1.69 bits per heavy atom. The van der Waals surface area contributed by atoms with E-state index < -0.39 is 11.2 Å². The number of rotatable bonds is 4. The summed E-state index contributed by atoms with van der Waals surface area (Å²) in [5.74, 6) is 0.842. The minimum absolute atomic E-state index is 0.0560.